The molecule has 0 saturated carbocycles. The largest absolute Gasteiger partial charge is 0.317 e. The van der Waals surface area contributed by atoms with E-state index < -0.39 is 5.41 Å². The van der Waals surface area contributed by atoms with Gasteiger partial charge in [-0.05, 0) is 49.7 Å². The number of benzene rings is 1. The quantitative estimate of drug-likeness (QED) is 0.741. The normalized spacial score (nSPS) is 20.9. The molecule has 0 unspecified atom stereocenters. The van der Waals surface area contributed by atoms with Crippen molar-refractivity contribution >= 4 is 11.6 Å². The lowest BCUT2D eigenvalue weighted by molar-refractivity contribution is -0.123. The zero-order chi connectivity index (χ0) is 12.8. The standard InChI is InChI=1S/C14H15N3O/c1-17-12-3-2-10(9-15)8-11(12)14(13(17)18)4-6-16-7-5-14/h2-3,8,16H,4-7H2,1H3. The molecule has 2 heterocycles. The van der Waals surface area contributed by atoms with Crippen LogP contribution in [0, 0.1) is 11.3 Å². The highest BCUT2D eigenvalue weighted by Crippen LogP contribution is 2.46. The lowest BCUT2D eigenvalue weighted by atomic mass is 9.74. The Kier molecular flexibility index (Phi) is 2.39. The van der Waals surface area contributed by atoms with Crippen molar-refractivity contribution < 1.29 is 4.79 Å². The molecule has 1 spiro atoms. The number of nitriles is 1. The first-order valence-corrected chi connectivity index (χ1v) is 6.22. The van der Waals surface area contributed by atoms with Crippen LogP contribution < -0.4 is 10.2 Å². The molecular weight excluding hydrogens is 226 g/mol. The van der Waals surface area contributed by atoms with E-state index in [2.05, 4.69) is 11.4 Å². The van der Waals surface area contributed by atoms with Crippen molar-refractivity contribution in [2.24, 2.45) is 0 Å². The Morgan fingerprint density at radius 2 is 2.11 bits per heavy atom. The second kappa shape index (κ2) is 3.82. The summed E-state index contributed by atoms with van der Waals surface area (Å²) >= 11 is 0. The number of carbonyl (C=O) groups is 1. The van der Waals surface area contributed by atoms with Crippen LogP contribution >= 0.6 is 0 Å². The van der Waals surface area contributed by atoms with E-state index >= 15 is 0 Å². The molecule has 18 heavy (non-hydrogen) atoms. The molecule has 0 atom stereocenters. The number of hydrogen-bond donors (Lipinski definition) is 1. The maximum atomic E-state index is 12.6. The summed E-state index contributed by atoms with van der Waals surface area (Å²) in [4.78, 5) is 14.3. The number of carbonyl (C=O) groups excluding carboxylic acids is 1. The lowest BCUT2D eigenvalue weighted by Crippen LogP contribution is -2.46. The first-order valence-electron chi connectivity index (χ1n) is 6.22. The summed E-state index contributed by atoms with van der Waals surface area (Å²) in [5.41, 5.74) is 2.23. The zero-order valence-electron chi connectivity index (χ0n) is 10.4. The van der Waals surface area contributed by atoms with Crippen molar-refractivity contribution in [2.75, 3.05) is 25.0 Å². The van der Waals surface area contributed by atoms with Gasteiger partial charge in [-0.15, -0.1) is 0 Å². The molecule has 4 nitrogen and oxygen atoms in total. The highest BCUT2D eigenvalue weighted by atomic mass is 16.2. The van der Waals surface area contributed by atoms with Gasteiger partial charge in [0.1, 0.15) is 0 Å². The van der Waals surface area contributed by atoms with Crippen molar-refractivity contribution in [1.29, 1.82) is 5.26 Å². The summed E-state index contributed by atoms with van der Waals surface area (Å²) in [7, 11) is 1.82. The number of fused-ring (bicyclic) bond motifs is 2. The Balaban J connectivity index is 2.18. The van der Waals surface area contributed by atoms with E-state index in [9.17, 15) is 4.79 Å². The molecule has 0 aromatic heterocycles. The third kappa shape index (κ3) is 1.31. The molecule has 1 saturated heterocycles. The average molecular weight is 241 g/mol. The molecule has 1 N–H and O–H groups in total. The molecule has 1 fully saturated rings. The number of rotatable bonds is 0. The van der Waals surface area contributed by atoms with Crippen molar-refractivity contribution in [3.63, 3.8) is 0 Å². The number of nitrogens with zero attached hydrogens (tertiary/aromatic N) is 2. The Morgan fingerprint density at radius 1 is 1.39 bits per heavy atom. The molecule has 2 aliphatic rings. The maximum absolute atomic E-state index is 12.6. The second-order valence-corrected chi connectivity index (χ2v) is 5.04. The van der Waals surface area contributed by atoms with E-state index in [4.69, 9.17) is 5.26 Å². The topological polar surface area (TPSA) is 56.1 Å². The van der Waals surface area contributed by atoms with Gasteiger partial charge in [-0.25, -0.2) is 0 Å². The predicted molar refractivity (Wildman–Crippen MR) is 68.3 cm³/mol. The van der Waals surface area contributed by atoms with Gasteiger partial charge in [0, 0.05) is 12.7 Å². The highest BCUT2D eigenvalue weighted by molar-refractivity contribution is 6.08. The van der Waals surface area contributed by atoms with Gasteiger partial charge in [0.25, 0.3) is 0 Å². The molecule has 4 heteroatoms. The molecule has 0 aliphatic carbocycles. The minimum absolute atomic E-state index is 0.175. The summed E-state index contributed by atoms with van der Waals surface area (Å²) < 4.78 is 0. The van der Waals surface area contributed by atoms with Gasteiger partial charge in [-0.1, -0.05) is 0 Å². The number of amides is 1. The van der Waals surface area contributed by atoms with E-state index in [1.54, 1.807) is 11.0 Å². The van der Waals surface area contributed by atoms with Crippen LogP contribution in [-0.2, 0) is 10.2 Å². The van der Waals surface area contributed by atoms with E-state index in [0.717, 1.165) is 37.2 Å². The summed E-state index contributed by atoms with van der Waals surface area (Å²) in [6.45, 7) is 1.71. The molecular formula is C14H15N3O. The fraction of sp³-hybridized carbons (Fsp3) is 0.429. The number of nitrogens with one attached hydrogen (secondary N) is 1. The van der Waals surface area contributed by atoms with Crippen molar-refractivity contribution in [1.82, 2.24) is 5.32 Å². The van der Waals surface area contributed by atoms with Crippen LogP contribution in [0.3, 0.4) is 0 Å². The molecule has 92 valence electrons. The van der Waals surface area contributed by atoms with Crippen LogP contribution in [0.15, 0.2) is 18.2 Å². The highest BCUT2D eigenvalue weighted by Gasteiger charge is 2.49. The van der Waals surface area contributed by atoms with Crippen LogP contribution in [0.2, 0.25) is 0 Å². The number of hydrogen-bond acceptors (Lipinski definition) is 3. The fourth-order valence-electron chi connectivity index (χ4n) is 3.16. The monoisotopic (exact) mass is 241 g/mol. The Hall–Kier alpha value is -1.86. The smallest absolute Gasteiger partial charge is 0.237 e. The average Bonchev–Trinajstić information content (AvgIpc) is 2.63. The summed E-state index contributed by atoms with van der Waals surface area (Å²) in [5.74, 6) is 0.175. The fourth-order valence-corrected chi connectivity index (χ4v) is 3.16. The predicted octanol–water partition coefficient (Wildman–Crippen LogP) is 1.16. The Bertz CT molecular complexity index is 553. The molecule has 3 rings (SSSR count). The van der Waals surface area contributed by atoms with Crippen molar-refractivity contribution in [3.8, 4) is 6.07 Å². The van der Waals surface area contributed by atoms with Crippen LogP contribution in [0.1, 0.15) is 24.0 Å². The van der Waals surface area contributed by atoms with Crippen LogP contribution in [-0.4, -0.2) is 26.0 Å². The molecule has 1 amide bonds. The van der Waals surface area contributed by atoms with Crippen molar-refractivity contribution in [3.05, 3.63) is 29.3 Å². The van der Waals surface area contributed by atoms with Gasteiger partial charge < -0.3 is 10.2 Å². The van der Waals surface area contributed by atoms with Gasteiger partial charge in [-0.2, -0.15) is 5.26 Å². The van der Waals surface area contributed by atoms with E-state index in [-0.39, 0.29) is 5.91 Å². The number of anilines is 1. The molecule has 0 radical (unpaired) electrons. The third-order valence-corrected chi connectivity index (χ3v) is 4.17. The Morgan fingerprint density at radius 3 is 2.78 bits per heavy atom. The van der Waals surface area contributed by atoms with Gasteiger partial charge in [0.15, 0.2) is 0 Å². The van der Waals surface area contributed by atoms with Crippen molar-refractivity contribution in [2.45, 2.75) is 18.3 Å². The second-order valence-electron chi connectivity index (χ2n) is 5.04. The van der Waals surface area contributed by atoms with Crippen LogP contribution in [0.25, 0.3) is 0 Å². The van der Waals surface area contributed by atoms with Gasteiger partial charge in [0.05, 0.1) is 17.0 Å². The maximum Gasteiger partial charge on any atom is 0.237 e. The summed E-state index contributed by atoms with van der Waals surface area (Å²) in [6.07, 6.45) is 1.64. The third-order valence-electron chi connectivity index (χ3n) is 4.17. The SMILES string of the molecule is CN1C(=O)C2(CCNCC2)c2cc(C#N)ccc21. The molecule has 1 aromatic carbocycles. The lowest BCUT2D eigenvalue weighted by Gasteiger charge is -2.32. The number of likely N-dealkylation sites (N-methyl/N-ethyl adjacent to an activating group) is 1. The minimum atomic E-state index is -0.401. The van der Waals surface area contributed by atoms with E-state index in [1.807, 2.05) is 19.2 Å². The molecule has 0 bridgehead atoms. The van der Waals surface area contributed by atoms with Gasteiger partial charge in [0.2, 0.25) is 5.91 Å². The van der Waals surface area contributed by atoms with E-state index in [0.29, 0.717) is 5.56 Å². The molecule has 1 aromatic rings. The minimum Gasteiger partial charge on any atom is -0.317 e. The first-order chi connectivity index (χ1) is 8.69. The summed E-state index contributed by atoms with van der Waals surface area (Å²) in [5, 5.41) is 12.3. The zero-order valence-corrected chi connectivity index (χ0v) is 10.4. The first kappa shape index (κ1) is 11.2. The Labute approximate surface area is 106 Å². The van der Waals surface area contributed by atoms with Crippen LogP contribution in [0.5, 0.6) is 0 Å². The van der Waals surface area contributed by atoms with Gasteiger partial charge >= 0.3 is 0 Å². The summed E-state index contributed by atoms with van der Waals surface area (Å²) in [6, 6.07) is 7.73. The van der Waals surface area contributed by atoms with Crippen LogP contribution in [0.4, 0.5) is 5.69 Å². The van der Waals surface area contributed by atoms with Gasteiger partial charge in [-0.3, -0.25) is 4.79 Å². The van der Waals surface area contributed by atoms with E-state index in [1.165, 1.54) is 0 Å². The molecule has 2 aliphatic heterocycles. The number of piperidine rings is 1.